The molecule has 1 aromatic heterocycles. The molecule has 0 atom stereocenters. The van der Waals surface area contributed by atoms with Gasteiger partial charge in [0.2, 0.25) is 5.89 Å². The molecule has 3 nitrogen and oxygen atoms in total. The highest BCUT2D eigenvalue weighted by Gasteiger charge is 2.08. The second kappa shape index (κ2) is 3.22. The summed E-state index contributed by atoms with van der Waals surface area (Å²) in [4.78, 5) is 3.97. The number of para-hydroxylation sites is 1. The molecule has 0 radical (unpaired) electrons. The molecule has 1 aromatic carbocycles. The van der Waals surface area contributed by atoms with E-state index in [2.05, 4.69) is 20.9 Å². The van der Waals surface area contributed by atoms with Crippen molar-refractivity contribution in [3.63, 3.8) is 0 Å². The lowest BCUT2D eigenvalue weighted by Gasteiger charge is -1.97. The zero-order valence-electron chi connectivity index (χ0n) is 6.57. The van der Waals surface area contributed by atoms with E-state index >= 15 is 0 Å². The Morgan fingerprint density at radius 1 is 1.31 bits per heavy atom. The van der Waals surface area contributed by atoms with Gasteiger partial charge in [-0.1, -0.05) is 12.1 Å². The van der Waals surface area contributed by atoms with E-state index in [-0.39, 0.29) is 5.75 Å². The fourth-order valence-electron chi connectivity index (χ4n) is 1.03. The molecule has 0 amide bonds. The maximum atomic E-state index is 9.46. The molecule has 0 aliphatic rings. The molecular weight excluding hydrogens is 234 g/mol. The van der Waals surface area contributed by atoms with E-state index in [9.17, 15) is 5.11 Å². The van der Waals surface area contributed by atoms with Crippen LogP contribution in [0.2, 0.25) is 0 Å². The number of benzene rings is 1. The molecule has 13 heavy (non-hydrogen) atoms. The molecule has 0 aliphatic carbocycles. The number of phenolic OH excluding ortho intramolecular Hbond substituents is 1. The number of phenols is 1. The first kappa shape index (κ1) is 8.31. The number of hydrogen-bond acceptors (Lipinski definition) is 3. The highest BCUT2D eigenvalue weighted by atomic mass is 79.9. The molecule has 0 spiro atoms. The molecular formula is C9H6BrNO2. The molecule has 4 heteroatoms. The monoisotopic (exact) mass is 239 g/mol. The summed E-state index contributed by atoms with van der Waals surface area (Å²) in [6.07, 6.45) is 1.54. The maximum Gasteiger partial charge on any atom is 0.231 e. The summed E-state index contributed by atoms with van der Waals surface area (Å²) in [5.41, 5.74) is 0.591. The molecule has 0 aliphatic heterocycles. The predicted molar refractivity (Wildman–Crippen MR) is 51.3 cm³/mol. The van der Waals surface area contributed by atoms with Gasteiger partial charge in [0.05, 0.1) is 11.8 Å². The van der Waals surface area contributed by atoms with E-state index in [0.29, 0.717) is 16.1 Å². The highest BCUT2D eigenvalue weighted by molar-refractivity contribution is 9.10. The van der Waals surface area contributed by atoms with Crippen LogP contribution in [0.3, 0.4) is 0 Å². The van der Waals surface area contributed by atoms with Crippen molar-refractivity contribution in [1.82, 2.24) is 4.98 Å². The lowest BCUT2D eigenvalue weighted by atomic mass is 10.2. The maximum absolute atomic E-state index is 9.46. The van der Waals surface area contributed by atoms with Crippen LogP contribution in [0.25, 0.3) is 11.5 Å². The fourth-order valence-corrected chi connectivity index (χ4v) is 1.29. The number of hydrogen-bond donors (Lipinski definition) is 1. The minimum absolute atomic E-state index is 0.164. The molecule has 1 heterocycles. The second-order valence-corrected chi connectivity index (χ2v) is 3.27. The zero-order valence-corrected chi connectivity index (χ0v) is 8.15. The molecule has 2 rings (SSSR count). The first-order chi connectivity index (χ1) is 6.27. The van der Waals surface area contributed by atoms with E-state index in [1.54, 1.807) is 24.4 Å². The van der Waals surface area contributed by atoms with Gasteiger partial charge >= 0.3 is 0 Å². The Bertz CT molecular complexity index is 425. The van der Waals surface area contributed by atoms with Crippen molar-refractivity contribution in [2.75, 3.05) is 0 Å². The van der Waals surface area contributed by atoms with E-state index < -0.39 is 0 Å². The molecule has 66 valence electrons. The summed E-state index contributed by atoms with van der Waals surface area (Å²) in [7, 11) is 0. The minimum atomic E-state index is 0.164. The van der Waals surface area contributed by atoms with Gasteiger partial charge in [0.15, 0.2) is 4.67 Å². The molecule has 0 saturated heterocycles. The Hall–Kier alpha value is -1.29. The van der Waals surface area contributed by atoms with Crippen LogP contribution in [-0.2, 0) is 0 Å². The number of halogens is 1. The van der Waals surface area contributed by atoms with Crippen LogP contribution in [0.5, 0.6) is 5.75 Å². The topological polar surface area (TPSA) is 46.3 Å². The first-order valence-electron chi connectivity index (χ1n) is 3.67. The van der Waals surface area contributed by atoms with Gasteiger partial charge in [-0.05, 0) is 28.1 Å². The average molecular weight is 240 g/mol. The fraction of sp³-hybridized carbons (Fsp3) is 0. The zero-order chi connectivity index (χ0) is 9.26. The summed E-state index contributed by atoms with van der Waals surface area (Å²) in [6, 6.07) is 6.89. The number of rotatable bonds is 1. The summed E-state index contributed by atoms with van der Waals surface area (Å²) < 4.78 is 5.74. The van der Waals surface area contributed by atoms with E-state index in [4.69, 9.17) is 4.42 Å². The molecule has 0 bridgehead atoms. The Morgan fingerprint density at radius 2 is 2.08 bits per heavy atom. The van der Waals surface area contributed by atoms with Crippen molar-refractivity contribution < 1.29 is 9.52 Å². The highest BCUT2D eigenvalue weighted by Crippen LogP contribution is 2.28. The Kier molecular flexibility index (Phi) is 2.06. The predicted octanol–water partition coefficient (Wildman–Crippen LogP) is 2.81. The van der Waals surface area contributed by atoms with Gasteiger partial charge in [-0.25, -0.2) is 4.98 Å². The molecule has 0 unspecified atom stereocenters. The van der Waals surface area contributed by atoms with Crippen molar-refractivity contribution in [3.8, 4) is 17.2 Å². The van der Waals surface area contributed by atoms with Crippen LogP contribution in [0.4, 0.5) is 0 Å². The van der Waals surface area contributed by atoms with E-state index in [0.717, 1.165) is 0 Å². The third-order valence-corrected chi connectivity index (χ3v) is 1.98. The summed E-state index contributed by atoms with van der Waals surface area (Å²) >= 11 is 3.14. The van der Waals surface area contributed by atoms with E-state index in [1.807, 2.05) is 6.07 Å². The van der Waals surface area contributed by atoms with Gasteiger partial charge in [0, 0.05) is 0 Å². The van der Waals surface area contributed by atoms with Gasteiger partial charge < -0.3 is 9.52 Å². The minimum Gasteiger partial charge on any atom is -0.507 e. The van der Waals surface area contributed by atoms with Crippen LogP contribution in [-0.4, -0.2) is 10.1 Å². The van der Waals surface area contributed by atoms with Crippen molar-refractivity contribution in [2.24, 2.45) is 0 Å². The quantitative estimate of drug-likeness (QED) is 0.833. The van der Waals surface area contributed by atoms with Crippen molar-refractivity contribution in [3.05, 3.63) is 35.1 Å². The summed E-state index contributed by atoms with van der Waals surface area (Å²) in [6.45, 7) is 0. The smallest absolute Gasteiger partial charge is 0.231 e. The number of oxazole rings is 1. The van der Waals surface area contributed by atoms with Crippen LogP contribution in [0.1, 0.15) is 0 Å². The van der Waals surface area contributed by atoms with Gasteiger partial charge in [0.1, 0.15) is 5.75 Å². The van der Waals surface area contributed by atoms with Gasteiger partial charge in [-0.2, -0.15) is 0 Å². The number of aromatic nitrogens is 1. The van der Waals surface area contributed by atoms with Gasteiger partial charge in [-0.15, -0.1) is 0 Å². The van der Waals surface area contributed by atoms with Crippen molar-refractivity contribution >= 4 is 15.9 Å². The van der Waals surface area contributed by atoms with Gasteiger partial charge in [-0.3, -0.25) is 0 Å². The van der Waals surface area contributed by atoms with Crippen molar-refractivity contribution in [2.45, 2.75) is 0 Å². The normalized spacial score (nSPS) is 10.2. The summed E-state index contributed by atoms with van der Waals surface area (Å²) in [5, 5.41) is 9.46. The van der Waals surface area contributed by atoms with Crippen molar-refractivity contribution in [1.29, 1.82) is 0 Å². The second-order valence-electron chi connectivity index (χ2n) is 2.49. The third kappa shape index (κ3) is 1.58. The first-order valence-corrected chi connectivity index (χ1v) is 4.46. The summed E-state index contributed by atoms with van der Waals surface area (Å²) in [5.74, 6) is 0.571. The standard InChI is InChI=1S/C9H6BrNO2/c10-8-5-11-9(13-8)6-3-1-2-4-7(6)12/h1-5,12H. The van der Waals surface area contributed by atoms with E-state index in [1.165, 1.54) is 0 Å². The number of nitrogens with zero attached hydrogens (tertiary/aromatic N) is 1. The molecule has 1 N–H and O–H groups in total. The Morgan fingerprint density at radius 3 is 2.69 bits per heavy atom. The largest absolute Gasteiger partial charge is 0.507 e. The molecule has 2 aromatic rings. The lowest BCUT2D eigenvalue weighted by molar-refractivity contribution is 0.471. The van der Waals surface area contributed by atoms with Crippen LogP contribution in [0, 0.1) is 0 Å². The Labute approximate surface area is 83.2 Å². The van der Waals surface area contributed by atoms with Crippen LogP contribution in [0.15, 0.2) is 39.5 Å². The average Bonchev–Trinajstić information content (AvgIpc) is 2.53. The third-order valence-electron chi connectivity index (χ3n) is 1.61. The Balaban J connectivity index is 2.52. The van der Waals surface area contributed by atoms with Crippen LogP contribution < -0.4 is 0 Å². The molecule has 0 fully saturated rings. The van der Waals surface area contributed by atoms with Crippen LogP contribution >= 0.6 is 15.9 Å². The lowest BCUT2D eigenvalue weighted by Crippen LogP contribution is -1.76. The SMILES string of the molecule is Oc1ccccc1-c1ncc(Br)o1. The molecule has 0 saturated carbocycles. The number of aromatic hydroxyl groups is 1. The van der Waals surface area contributed by atoms with Gasteiger partial charge in [0.25, 0.3) is 0 Å².